The second kappa shape index (κ2) is 10.4. The number of para-hydroxylation sites is 2. The van der Waals surface area contributed by atoms with E-state index in [0.29, 0.717) is 5.56 Å². The van der Waals surface area contributed by atoms with E-state index in [4.69, 9.17) is 16.3 Å². The van der Waals surface area contributed by atoms with E-state index in [-0.39, 0.29) is 27.1 Å². The average Bonchev–Trinajstić information content (AvgIpc) is 2.79. The predicted octanol–water partition coefficient (Wildman–Crippen LogP) is 3.71. The number of aryl methyl sites for hydroxylation is 1. The Morgan fingerprint density at radius 3 is 2.48 bits per heavy atom. The molecular weight excluding hydrogens is 466 g/mol. The molecule has 10 heteroatoms. The number of benzene rings is 3. The highest BCUT2D eigenvalue weighted by molar-refractivity contribution is 7.92. The number of nitrogens with one attached hydrogen (secondary N) is 1. The summed E-state index contributed by atoms with van der Waals surface area (Å²) in [5, 5.41) is 14.1. The lowest BCUT2D eigenvalue weighted by molar-refractivity contribution is -0.119. The van der Waals surface area contributed by atoms with Gasteiger partial charge >= 0.3 is 0 Å². The molecule has 3 rings (SSSR count). The summed E-state index contributed by atoms with van der Waals surface area (Å²) in [4.78, 5) is 12.6. The van der Waals surface area contributed by atoms with Crippen molar-refractivity contribution in [2.75, 3.05) is 18.0 Å². The Kier molecular flexibility index (Phi) is 7.57. The van der Waals surface area contributed by atoms with Crippen LogP contribution in [0.2, 0.25) is 5.02 Å². The number of sulfonamides is 1. The zero-order valence-electron chi connectivity index (χ0n) is 17.9. The minimum Gasteiger partial charge on any atom is -0.504 e. The molecule has 3 aromatic carbocycles. The van der Waals surface area contributed by atoms with Crippen molar-refractivity contribution >= 4 is 39.4 Å². The number of hydrogen-bond acceptors (Lipinski definition) is 6. The fourth-order valence-corrected chi connectivity index (χ4v) is 4.67. The smallest absolute Gasteiger partial charge is 0.264 e. The van der Waals surface area contributed by atoms with Gasteiger partial charge in [0.05, 0.1) is 28.9 Å². The summed E-state index contributed by atoms with van der Waals surface area (Å²) in [7, 11) is -2.69. The molecule has 0 aliphatic rings. The zero-order valence-corrected chi connectivity index (χ0v) is 19.5. The van der Waals surface area contributed by atoms with Crippen LogP contribution in [0.5, 0.6) is 11.5 Å². The molecule has 1 amide bonds. The molecule has 0 atom stereocenters. The van der Waals surface area contributed by atoms with Gasteiger partial charge in [0, 0.05) is 5.56 Å². The van der Waals surface area contributed by atoms with Gasteiger partial charge in [-0.2, -0.15) is 5.10 Å². The molecule has 0 radical (unpaired) electrons. The maximum Gasteiger partial charge on any atom is 0.264 e. The molecule has 0 aliphatic heterocycles. The molecule has 0 unspecified atom stereocenters. The molecule has 0 aliphatic carbocycles. The van der Waals surface area contributed by atoms with Gasteiger partial charge in [-0.3, -0.25) is 9.10 Å². The van der Waals surface area contributed by atoms with Crippen molar-refractivity contribution in [3.8, 4) is 11.5 Å². The van der Waals surface area contributed by atoms with Crippen LogP contribution in [-0.4, -0.2) is 39.3 Å². The number of aromatic hydroxyl groups is 1. The molecule has 0 fully saturated rings. The fraction of sp³-hybridized carbons (Fsp3) is 0.130. The Hall–Kier alpha value is -3.56. The molecule has 0 aromatic heterocycles. The average molecular weight is 488 g/mol. The first-order chi connectivity index (χ1) is 15.7. The van der Waals surface area contributed by atoms with Crippen LogP contribution in [0.25, 0.3) is 0 Å². The van der Waals surface area contributed by atoms with Crippen molar-refractivity contribution < 1.29 is 23.1 Å². The van der Waals surface area contributed by atoms with Crippen LogP contribution in [0.3, 0.4) is 0 Å². The number of rotatable bonds is 8. The summed E-state index contributed by atoms with van der Waals surface area (Å²) in [6.07, 6.45) is 1.23. The fourth-order valence-electron chi connectivity index (χ4n) is 2.94. The highest BCUT2D eigenvalue weighted by atomic mass is 35.5. The summed E-state index contributed by atoms with van der Waals surface area (Å²) in [6.45, 7) is 1.27. The molecular formula is C23H22ClN3O5S. The summed E-state index contributed by atoms with van der Waals surface area (Å²) in [5.41, 5.74) is 3.64. The number of anilines is 1. The van der Waals surface area contributed by atoms with Gasteiger partial charge in [-0.1, -0.05) is 47.5 Å². The first-order valence-corrected chi connectivity index (χ1v) is 11.6. The molecule has 0 saturated heterocycles. The highest BCUT2D eigenvalue weighted by Gasteiger charge is 2.28. The quantitative estimate of drug-likeness (QED) is 0.372. The predicted molar refractivity (Wildman–Crippen MR) is 128 cm³/mol. The van der Waals surface area contributed by atoms with Gasteiger partial charge in [-0.05, 0) is 43.3 Å². The molecule has 8 nitrogen and oxygen atoms in total. The van der Waals surface area contributed by atoms with Gasteiger partial charge in [0.1, 0.15) is 6.54 Å². The molecule has 2 N–H and O–H groups in total. The van der Waals surface area contributed by atoms with Crippen LogP contribution < -0.4 is 14.5 Å². The number of halogens is 1. The Balaban J connectivity index is 1.86. The van der Waals surface area contributed by atoms with Crippen molar-refractivity contribution in [2.45, 2.75) is 11.8 Å². The van der Waals surface area contributed by atoms with Gasteiger partial charge in [0.2, 0.25) is 0 Å². The lowest BCUT2D eigenvalue weighted by Gasteiger charge is -2.24. The number of hydrogen-bond donors (Lipinski definition) is 2. The van der Waals surface area contributed by atoms with Crippen LogP contribution >= 0.6 is 11.6 Å². The number of phenols is 1. The van der Waals surface area contributed by atoms with Gasteiger partial charge < -0.3 is 9.84 Å². The molecule has 0 saturated carbocycles. The summed E-state index contributed by atoms with van der Waals surface area (Å²) < 4.78 is 32.6. The van der Waals surface area contributed by atoms with E-state index in [1.807, 2.05) is 6.92 Å². The van der Waals surface area contributed by atoms with Crippen LogP contribution in [0, 0.1) is 6.92 Å². The van der Waals surface area contributed by atoms with Crippen LogP contribution in [-0.2, 0) is 14.8 Å². The second-order valence-corrected chi connectivity index (χ2v) is 9.24. The molecule has 0 heterocycles. The number of carbonyl (C=O) groups is 1. The lowest BCUT2D eigenvalue weighted by atomic mass is 10.2. The number of hydrazone groups is 1. The van der Waals surface area contributed by atoms with Crippen LogP contribution in [0.1, 0.15) is 11.1 Å². The zero-order chi connectivity index (χ0) is 24.0. The van der Waals surface area contributed by atoms with E-state index in [9.17, 15) is 18.3 Å². The maximum atomic E-state index is 13.3. The SMILES string of the molecule is COc1cccc(/C=N\NC(=O)CN(c2ccccc2Cl)S(=O)(=O)c2ccc(C)cc2)c1O. The maximum absolute atomic E-state index is 13.3. The lowest BCUT2D eigenvalue weighted by Crippen LogP contribution is -2.39. The number of amides is 1. The van der Waals surface area contributed by atoms with Gasteiger partial charge in [0.15, 0.2) is 11.5 Å². The van der Waals surface area contributed by atoms with Crippen molar-refractivity contribution in [2.24, 2.45) is 5.10 Å². The summed E-state index contributed by atoms with van der Waals surface area (Å²) in [6, 6.07) is 17.4. The third kappa shape index (κ3) is 5.63. The molecule has 3 aromatic rings. The largest absolute Gasteiger partial charge is 0.504 e. The number of methoxy groups -OCH3 is 1. The first kappa shape index (κ1) is 24.1. The monoisotopic (exact) mass is 487 g/mol. The van der Waals surface area contributed by atoms with Crippen LogP contribution in [0.15, 0.2) is 76.7 Å². The number of carbonyl (C=O) groups excluding carboxylic acids is 1. The second-order valence-electron chi connectivity index (χ2n) is 6.97. The van der Waals surface area contributed by atoms with E-state index in [1.165, 1.54) is 37.6 Å². The van der Waals surface area contributed by atoms with Crippen molar-refractivity contribution in [3.63, 3.8) is 0 Å². The van der Waals surface area contributed by atoms with Gasteiger partial charge in [-0.15, -0.1) is 0 Å². The third-order valence-electron chi connectivity index (χ3n) is 4.66. The summed E-state index contributed by atoms with van der Waals surface area (Å²) in [5.74, 6) is -0.596. The Morgan fingerprint density at radius 1 is 1.12 bits per heavy atom. The highest BCUT2D eigenvalue weighted by Crippen LogP contribution is 2.30. The Morgan fingerprint density at radius 2 is 1.82 bits per heavy atom. The van der Waals surface area contributed by atoms with Crippen LogP contribution in [0.4, 0.5) is 5.69 Å². The summed E-state index contributed by atoms with van der Waals surface area (Å²) >= 11 is 6.24. The normalized spacial score (nSPS) is 11.4. The number of phenolic OH excluding ortho intramolecular Hbond substituents is 1. The topological polar surface area (TPSA) is 108 Å². The first-order valence-electron chi connectivity index (χ1n) is 9.76. The number of nitrogens with zero attached hydrogens (tertiary/aromatic N) is 2. The van der Waals surface area contributed by atoms with E-state index in [0.717, 1.165) is 9.87 Å². The standard InChI is InChI=1S/C23H22ClN3O5S/c1-16-10-12-18(13-11-16)33(30,31)27(20-8-4-3-7-19(20)24)15-22(28)26-25-14-17-6-5-9-21(32-2)23(17)29/h3-14,29H,15H2,1-2H3,(H,26,28)/b25-14-. The third-order valence-corrected chi connectivity index (χ3v) is 6.75. The number of ether oxygens (including phenoxy) is 1. The van der Waals surface area contributed by atoms with E-state index in [2.05, 4.69) is 10.5 Å². The van der Waals surface area contributed by atoms with Crippen molar-refractivity contribution in [1.82, 2.24) is 5.43 Å². The minimum absolute atomic E-state index is 0.0191. The van der Waals surface area contributed by atoms with Gasteiger partial charge in [-0.25, -0.2) is 13.8 Å². The minimum atomic E-state index is -4.10. The van der Waals surface area contributed by atoms with Crippen molar-refractivity contribution in [3.05, 3.63) is 82.9 Å². The van der Waals surface area contributed by atoms with E-state index < -0.39 is 22.5 Å². The molecule has 0 spiro atoms. The van der Waals surface area contributed by atoms with E-state index in [1.54, 1.807) is 42.5 Å². The van der Waals surface area contributed by atoms with Gasteiger partial charge in [0.25, 0.3) is 15.9 Å². The van der Waals surface area contributed by atoms with E-state index >= 15 is 0 Å². The Labute approximate surface area is 197 Å². The Bertz CT molecular complexity index is 1280. The molecule has 172 valence electrons. The van der Waals surface area contributed by atoms with Crippen molar-refractivity contribution in [1.29, 1.82) is 0 Å². The molecule has 33 heavy (non-hydrogen) atoms. The molecule has 0 bridgehead atoms.